The molecule has 0 bridgehead atoms. The molecule has 1 rings (SSSR count). The van der Waals surface area contributed by atoms with Crippen molar-refractivity contribution in [3.05, 3.63) is 24.0 Å². The van der Waals surface area contributed by atoms with Gasteiger partial charge < -0.3 is 20.5 Å². The van der Waals surface area contributed by atoms with E-state index in [1.807, 2.05) is 0 Å². The second-order valence-electron chi connectivity index (χ2n) is 3.34. The van der Waals surface area contributed by atoms with Crippen LogP contribution in [0.5, 0.6) is 0 Å². The van der Waals surface area contributed by atoms with Gasteiger partial charge in [-0.3, -0.25) is 4.79 Å². The van der Waals surface area contributed by atoms with Crippen LogP contribution in [-0.2, 0) is 9.47 Å². The first kappa shape index (κ1) is 13.4. The number of carbonyl (C=O) groups excluding carboxylic acids is 1. The molecule has 0 saturated heterocycles. The van der Waals surface area contributed by atoms with E-state index < -0.39 is 0 Å². The fourth-order valence-electron chi connectivity index (χ4n) is 1.11. The second kappa shape index (κ2) is 7.59. The van der Waals surface area contributed by atoms with Crippen LogP contribution < -0.4 is 11.1 Å². The Morgan fingerprint density at radius 3 is 2.88 bits per heavy atom. The number of carbonyl (C=O) groups is 1. The second-order valence-corrected chi connectivity index (χ2v) is 3.34. The maximum Gasteiger partial charge on any atom is 0.269 e. The molecule has 0 unspecified atom stereocenters. The number of nitrogens with one attached hydrogen (secondary N) is 1. The lowest BCUT2D eigenvalue weighted by Crippen LogP contribution is -2.28. The third-order valence-corrected chi connectivity index (χ3v) is 1.98. The Balaban J connectivity index is 2.19. The van der Waals surface area contributed by atoms with E-state index in [1.165, 1.54) is 6.20 Å². The van der Waals surface area contributed by atoms with E-state index in [0.717, 1.165) is 0 Å². The molecule has 0 fully saturated rings. The Morgan fingerprint density at radius 2 is 2.24 bits per heavy atom. The zero-order chi connectivity index (χ0) is 12.5. The van der Waals surface area contributed by atoms with Gasteiger partial charge in [-0.25, -0.2) is 4.98 Å². The van der Waals surface area contributed by atoms with Crippen molar-refractivity contribution in [1.29, 1.82) is 0 Å². The van der Waals surface area contributed by atoms with Crippen molar-refractivity contribution in [3.63, 3.8) is 0 Å². The Morgan fingerprint density at radius 1 is 1.41 bits per heavy atom. The highest BCUT2D eigenvalue weighted by atomic mass is 16.5. The first-order valence-corrected chi connectivity index (χ1v) is 5.30. The first-order valence-electron chi connectivity index (χ1n) is 5.30. The number of hydrogen-bond acceptors (Lipinski definition) is 5. The summed E-state index contributed by atoms with van der Waals surface area (Å²) in [5.74, 6) is -0.236. The maximum atomic E-state index is 11.6. The molecule has 0 aromatic carbocycles. The number of amides is 1. The van der Waals surface area contributed by atoms with Gasteiger partial charge in [0.25, 0.3) is 5.91 Å². The molecule has 1 aromatic heterocycles. The van der Waals surface area contributed by atoms with Crippen molar-refractivity contribution in [2.24, 2.45) is 0 Å². The summed E-state index contributed by atoms with van der Waals surface area (Å²) in [5, 5.41) is 2.69. The lowest BCUT2D eigenvalue weighted by atomic mass is 10.3. The van der Waals surface area contributed by atoms with Gasteiger partial charge >= 0.3 is 0 Å². The average molecular weight is 239 g/mol. The Labute approximate surface area is 100 Å². The molecule has 0 aliphatic rings. The fourth-order valence-corrected chi connectivity index (χ4v) is 1.11. The summed E-state index contributed by atoms with van der Waals surface area (Å²) in [7, 11) is 1.61. The molecule has 6 nitrogen and oxygen atoms in total. The van der Waals surface area contributed by atoms with Gasteiger partial charge in [0.2, 0.25) is 0 Å². The first-order chi connectivity index (χ1) is 8.24. The average Bonchev–Trinajstić information content (AvgIpc) is 2.34. The summed E-state index contributed by atoms with van der Waals surface area (Å²) in [5.41, 5.74) is 6.34. The van der Waals surface area contributed by atoms with Crippen LogP contribution in [0, 0.1) is 0 Å². The molecular weight excluding hydrogens is 222 g/mol. The largest absolute Gasteiger partial charge is 0.397 e. The van der Waals surface area contributed by atoms with Crippen molar-refractivity contribution < 1.29 is 14.3 Å². The molecule has 0 aliphatic carbocycles. The van der Waals surface area contributed by atoms with E-state index in [1.54, 1.807) is 19.2 Å². The number of nitrogens with zero attached hydrogens (tertiary/aromatic N) is 1. The van der Waals surface area contributed by atoms with Crippen LogP contribution in [0.2, 0.25) is 0 Å². The molecular formula is C11H17N3O3. The van der Waals surface area contributed by atoms with Gasteiger partial charge in [0.05, 0.1) is 31.7 Å². The van der Waals surface area contributed by atoms with Crippen molar-refractivity contribution in [1.82, 2.24) is 10.3 Å². The molecule has 0 saturated carbocycles. The van der Waals surface area contributed by atoms with Crippen molar-refractivity contribution in [2.75, 3.05) is 39.2 Å². The molecule has 0 aliphatic heterocycles. The number of hydrogen-bond donors (Lipinski definition) is 2. The zero-order valence-corrected chi connectivity index (χ0v) is 9.81. The maximum absolute atomic E-state index is 11.6. The van der Waals surface area contributed by atoms with E-state index in [2.05, 4.69) is 10.3 Å². The van der Waals surface area contributed by atoms with Gasteiger partial charge in [-0.15, -0.1) is 0 Å². The monoisotopic (exact) mass is 239 g/mol. The summed E-state index contributed by atoms with van der Waals surface area (Å²) in [4.78, 5) is 15.5. The van der Waals surface area contributed by atoms with Crippen molar-refractivity contribution in [2.45, 2.75) is 0 Å². The molecule has 0 atom stereocenters. The van der Waals surface area contributed by atoms with Crippen LogP contribution in [-0.4, -0.2) is 44.4 Å². The van der Waals surface area contributed by atoms with Gasteiger partial charge in [0.1, 0.15) is 5.69 Å². The third kappa shape index (κ3) is 5.28. The third-order valence-electron chi connectivity index (χ3n) is 1.98. The number of rotatable bonds is 7. The Hall–Kier alpha value is -1.66. The highest BCUT2D eigenvalue weighted by Gasteiger charge is 2.05. The Kier molecular flexibility index (Phi) is 5.98. The van der Waals surface area contributed by atoms with Crippen LogP contribution in [0.25, 0.3) is 0 Å². The molecule has 0 radical (unpaired) electrons. The van der Waals surface area contributed by atoms with Crippen molar-refractivity contribution in [3.8, 4) is 0 Å². The topological polar surface area (TPSA) is 86.5 Å². The van der Waals surface area contributed by atoms with E-state index in [4.69, 9.17) is 15.2 Å². The predicted molar refractivity (Wildman–Crippen MR) is 63.7 cm³/mol. The van der Waals surface area contributed by atoms with Crippen LogP contribution in [0.3, 0.4) is 0 Å². The standard InChI is InChI=1S/C11H17N3O3/c1-16-6-7-17-5-4-13-11(15)10-3-2-9(12)8-14-10/h2-3,8H,4-7,12H2,1H3,(H,13,15). The molecule has 6 heteroatoms. The van der Waals surface area contributed by atoms with Gasteiger partial charge in [0.15, 0.2) is 0 Å². The lowest BCUT2D eigenvalue weighted by Gasteiger charge is -2.05. The number of methoxy groups -OCH3 is 1. The summed E-state index contributed by atoms with van der Waals surface area (Å²) >= 11 is 0. The molecule has 1 aromatic rings. The summed E-state index contributed by atoms with van der Waals surface area (Å²) in [6, 6.07) is 3.22. The number of anilines is 1. The van der Waals surface area contributed by atoms with E-state index >= 15 is 0 Å². The highest BCUT2D eigenvalue weighted by Crippen LogP contribution is 2.00. The molecule has 94 valence electrons. The molecule has 1 heterocycles. The van der Waals surface area contributed by atoms with Crippen LogP contribution in [0.1, 0.15) is 10.5 Å². The van der Waals surface area contributed by atoms with Gasteiger partial charge in [-0.05, 0) is 12.1 Å². The van der Waals surface area contributed by atoms with Crippen molar-refractivity contribution >= 4 is 11.6 Å². The smallest absolute Gasteiger partial charge is 0.269 e. The summed E-state index contributed by atoms with van der Waals surface area (Å²) in [6.07, 6.45) is 1.45. The predicted octanol–water partition coefficient (Wildman–Crippen LogP) is 0.0566. The number of ether oxygens (including phenoxy) is 2. The summed E-state index contributed by atoms with van der Waals surface area (Å²) in [6.45, 7) is 1.96. The number of nitrogen functional groups attached to an aromatic ring is 1. The minimum Gasteiger partial charge on any atom is -0.397 e. The quantitative estimate of drug-likeness (QED) is 0.657. The fraction of sp³-hybridized carbons (Fsp3) is 0.455. The Bertz CT molecular complexity index is 340. The normalized spacial score (nSPS) is 10.2. The number of pyridine rings is 1. The van der Waals surface area contributed by atoms with Gasteiger partial charge in [-0.2, -0.15) is 0 Å². The van der Waals surface area contributed by atoms with E-state index in [-0.39, 0.29) is 5.91 Å². The van der Waals surface area contributed by atoms with Crippen LogP contribution in [0.15, 0.2) is 18.3 Å². The number of aromatic nitrogens is 1. The molecule has 3 N–H and O–H groups in total. The van der Waals surface area contributed by atoms with Gasteiger partial charge in [0, 0.05) is 13.7 Å². The number of nitrogens with two attached hydrogens (primary N) is 1. The highest BCUT2D eigenvalue weighted by molar-refractivity contribution is 5.92. The summed E-state index contributed by atoms with van der Waals surface area (Å²) < 4.78 is 10.0. The minimum absolute atomic E-state index is 0.236. The molecule has 17 heavy (non-hydrogen) atoms. The molecule has 0 spiro atoms. The lowest BCUT2D eigenvalue weighted by molar-refractivity contribution is 0.0692. The zero-order valence-electron chi connectivity index (χ0n) is 9.81. The van der Waals surface area contributed by atoms with Crippen LogP contribution >= 0.6 is 0 Å². The van der Waals surface area contributed by atoms with E-state index in [0.29, 0.717) is 37.7 Å². The molecule has 1 amide bonds. The SMILES string of the molecule is COCCOCCNC(=O)c1ccc(N)cn1. The van der Waals surface area contributed by atoms with Gasteiger partial charge in [-0.1, -0.05) is 0 Å². The van der Waals surface area contributed by atoms with Crippen LogP contribution in [0.4, 0.5) is 5.69 Å². The van der Waals surface area contributed by atoms with E-state index in [9.17, 15) is 4.79 Å². The minimum atomic E-state index is -0.236.